The number of fused-ring (bicyclic) bond motifs is 9. The molecule has 5 aromatic rings. The Bertz CT molecular complexity index is 3930. The molecular formula is C78H106ClN13O14S2. The molecule has 3 aliphatic heterocycles. The number of halogens is 1. The van der Waals surface area contributed by atoms with Crippen LogP contribution in [-0.2, 0) is 61.0 Å². The first kappa shape index (κ1) is 82.3. The van der Waals surface area contributed by atoms with E-state index in [2.05, 4.69) is 37.2 Å². The van der Waals surface area contributed by atoms with E-state index in [0.717, 1.165) is 69.7 Å². The number of ether oxygens (including phenoxy) is 5. The van der Waals surface area contributed by atoms with Crippen LogP contribution in [0.1, 0.15) is 143 Å². The summed E-state index contributed by atoms with van der Waals surface area (Å²) in [6.45, 7) is 6.86. The summed E-state index contributed by atoms with van der Waals surface area (Å²) in [5, 5.41) is 23.5. The average molecular weight is 1550 g/mol. The van der Waals surface area contributed by atoms with E-state index in [0.29, 0.717) is 102 Å². The Labute approximate surface area is 645 Å². The molecule has 9 N–H and O–H groups in total. The van der Waals surface area contributed by atoms with Gasteiger partial charge in [-0.05, 0) is 116 Å². The third kappa shape index (κ3) is 22.9. The number of nitrogens with zero attached hydrogens (tertiary/aromatic N) is 5. The topological polar surface area (TPSA) is 346 Å². The molecule has 5 unspecified atom stereocenters. The summed E-state index contributed by atoms with van der Waals surface area (Å²) < 4.78 is 27.9. The average Bonchev–Trinajstić information content (AvgIpc) is 1.13. The minimum absolute atomic E-state index is 0.0219. The van der Waals surface area contributed by atoms with E-state index in [4.69, 9.17) is 51.0 Å². The van der Waals surface area contributed by atoms with Crippen molar-refractivity contribution >= 4 is 122 Å². The highest BCUT2D eigenvalue weighted by Crippen LogP contribution is 2.56. The van der Waals surface area contributed by atoms with Crippen LogP contribution >= 0.6 is 35.1 Å². The SMILES string of the molecule is COCC(=O)N1CCC(C(=O)NC2CCCCCCCC3C(C2)C2SCc4nc5ccc(C(=O)NCCOCCOCCC(=O)N[C@H](C(=O)N[C@@H](CCCCNC(N)=O)C(=O)Nc6ccc(COC(=O)N(C)CCN(C)C(=O)Oc7cc8c(c9ccccc79)[C@H](CCl)CN8)cc6)C(C)C)cc5nc4CSC32)CC1. The Balaban J connectivity index is 0.613. The maximum Gasteiger partial charge on any atom is 0.415 e. The number of alkyl halides is 1. The summed E-state index contributed by atoms with van der Waals surface area (Å²) in [5.41, 5.74) is 12.1. The van der Waals surface area contributed by atoms with E-state index in [1.807, 2.05) is 64.8 Å². The van der Waals surface area contributed by atoms with Gasteiger partial charge in [0, 0.05) is 148 Å². The summed E-state index contributed by atoms with van der Waals surface area (Å²) in [6.07, 6.45) is 10.3. The number of hydrogen-bond acceptors (Lipinski definition) is 19. The van der Waals surface area contributed by atoms with Gasteiger partial charge in [0.25, 0.3) is 5.91 Å². The number of unbranched alkanes of at least 4 members (excludes halogenated alkanes) is 1. The van der Waals surface area contributed by atoms with E-state index in [-0.39, 0.29) is 120 Å². The third-order valence-electron chi connectivity index (χ3n) is 21.0. The number of piperidine rings is 1. The number of carbonyl (C=O) groups excluding carboxylic acids is 9. The van der Waals surface area contributed by atoms with E-state index in [9.17, 15) is 43.2 Å². The molecule has 0 spiro atoms. The molecular weight excluding hydrogens is 1440 g/mol. The van der Waals surface area contributed by atoms with Gasteiger partial charge in [-0.25, -0.2) is 24.4 Å². The number of nitrogens with two attached hydrogens (primary N) is 1. The molecule has 10 amide bonds. The summed E-state index contributed by atoms with van der Waals surface area (Å²) in [4.78, 5) is 133. The van der Waals surface area contributed by atoms with Gasteiger partial charge >= 0.3 is 18.2 Å². The number of rotatable bonds is 32. The molecule has 10 rings (SSSR count). The lowest BCUT2D eigenvalue weighted by Gasteiger charge is -2.53. The smallest absolute Gasteiger partial charge is 0.415 e. The number of thioether (sulfide) groups is 2. The molecule has 108 heavy (non-hydrogen) atoms. The number of hydrogen-bond donors (Lipinski definition) is 8. The van der Waals surface area contributed by atoms with Gasteiger partial charge < -0.3 is 81.3 Å². The number of primary amides is 1. The van der Waals surface area contributed by atoms with Crippen LogP contribution in [0.5, 0.6) is 5.75 Å². The number of carbonyl (C=O) groups is 9. The van der Waals surface area contributed by atoms with Gasteiger partial charge in [-0.3, -0.25) is 28.8 Å². The Morgan fingerprint density at radius 3 is 2.13 bits per heavy atom. The number of benzene rings is 4. The van der Waals surface area contributed by atoms with Gasteiger partial charge in [0.15, 0.2) is 0 Å². The Morgan fingerprint density at radius 2 is 1.42 bits per heavy atom. The van der Waals surface area contributed by atoms with Crippen molar-refractivity contribution in [3.05, 3.63) is 101 Å². The number of urea groups is 1. The number of amides is 10. The van der Waals surface area contributed by atoms with Crippen LogP contribution < -0.4 is 47.7 Å². The second-order valence-electron chi connectivity index (χ2n) is 29.0. The first-order valence-corrected chi connectivity index (χ1v) is 40.6. The van der Waals surface area contributed by atoms with Crippen LogP contribution in [0.15, 0.2) is 72.8 Å². The maximum atomic E-state index is 13.9. The normalized spacial score (nSPS) is 19.8. The van der Waals surface area contributed by atoms with Crippen LogP contribution in [0.3, 0.4) is 0 Å². The monoisotopic (exact) mass is 1550 g/mol. The van der Waals surface area contributed by atoms with Gasteiger partial charge in [0.05, 0.1) is 48.8 Å². The van der Waals surface area contributed by atoms with Crippen LogP contribution in [0.2, 0.25) is 0 Å². The Morgan fingerprint density at radius 1 is 0.731 bits per heavy atom. The Hall–Kier alpha value is -8.22. The molecule has 4 aromatic carbocycles. The highest BCUT2D eigenvalue weighted by atomic mass is 35.5. The van der Waals surface area contributed by atoms with Gasteiger partial charge in [-0.15, -0.1) is 11.6 Å². The van der Waals surface area contributed by atoms with Crippen molar-refractivity contribution in [2.24, 2.45) is 29.4 Å². The summed E-state index contributed by atoms with van der Waals surface area (Å²) in [7, 11) is 4.68. The minimum atomic E-state index is -1.04. The number of methoxy groups -OCH3 is 1. The van der Waals surface area contributed by atoms with E-state index in [1.165, 1.54) is 49.0 Å². The lowest BCUT2D eigenvalue weighted by Crippen LogP contribution is -2.55. The first-order chi connectivity index (χ1) is 52.2. The summed E-state index contributed by atoms with van der Waals surface area (Å²) in [5.74, 6) is 1.46. The molecule has 1 saturated heterocycles. The molecule has 586 valence electrons. The zero-order valence-corrected chi connectivity index (χ0v) is 65.0. The first-order valence-electron chi connectivity index (χ1n) is 38.0. The van der Waals surface area contributed by atoms with Crippen molar-refractivity contribution in [3.63, 3.8) is 0 Å². The summed E-state index contributed by atoms with van der Waals surface area (Å²) in [6, 6.07) is 19.0. The molecule has 27 nitrogen and oxygen atoms in total. The summed E-state index contributed by atoms with van der Waals surface area (Å²) >= 11 is 10.2. The highest BCUT2D eigenvalue weighted by Gasteiger charge is 2.51. The van der Waals surface area contributed by atoms with Crippen LogP contribution in [0, 0.1) is 23.7 Å². The van der Waals surface area contributed by atoms with Crippen LogP contribution in [-0.4, -0.2) is 213 Å². The molecule has 3 fully saturated rings. The van der Waals surface area contributed by atoms with Crippen molar-refractivity contribution in [1.82, 2.24) is 51.3 Å². The highest BCUT2D eigenvalue weighted by molar-refractivity contribution is 8.03. The fourth-order valence-corrected chi connectivity index (χ4v) is 18.6. The fraction of sp³-hybridized carbons (Fsp3) is 0.577. The number of aromatic nitrogens is 2. The van der Waals surface area contributed by atoms with Crippen molar-refractivity contribution in [3.8, 4) is 5.75 Å². The standard InChI is InChI=1S/C78H106ClN13O14S2/c1-48(2)69(75(98)88-60(19-13-14-29-82-76(80)99)74(97)84-53-23-20-49(21-24-53)44-105-77(100)90(3)33-34-91(4)78(101)106-65-41-62-68(52(42-79)43-83-62)56-17-12-11-16-55(56)65)89-66(93)28-35-103-37-38-104-36-30-81-72(95)51-22-25-59-61(39-51)87-64-47-107-70-57-18-10-8-6-7-9-15-54(40-58(57)71(70)108-46-63(64)86-59)85-73(96)50-26-31-92(32-27-50)67(94)45-102-5/h11-12,16-17,20-25,39,41,48,50,52,54,57-58,60,69-71,83H,6-10,13-15,18-19,26-38,40,42-47H2,1-5H3,(H,81,95)(H,84,97)(H,85,96)(H,88,98)(H,89,93)(H3,80,82,99)/t52-,54?,57?,58?,60+,69+,70?,71?/m1/s1. The molecule has 2 saturated carbocycles. The molecule has 0 bridgehead atoms. The third-order valence-corrected chi connectivity index (χ3v) is 24.4. The van der Waals surface area contributed by atoms with E-state index in [1.54, 1.807) is 64.3 Å². The fourth-order valence-electron chi connectivity index (χ4n) is 14.8. The molecule has 4 heterocycles. The van der Waals surface area contributed by atoms with Crippen LogP contribution in [0.4, 0.5) is 25.8 Å². The lowest BCUT2D eigenvalue weighted by molar-refractivity contribution is -0.139. The van der Waals surface area contributed by atoms with Crippen LogP contribution in [0.25, 0.3) is 21.8 Å². The zero-order valence-electron chi connectivity index (χ0n) is 62.6. The molecule has 0 radical (unpaired) electrons. The van der Waals surface area contributed by atoms with Crippen molar-refractivity contribution < 1.29 is 66.8 Å². The van der Waals surface area contributed by atoms with E-state index >= 15 is 0 Å². The van der Waals surface area contributed by atoms with Gasteiger partial charge in [0.2, 0.25) is 29.5 Å². The quantitative estimate of drug-likeness (QED) is 0.0147. The largest absolute Gasteiger partial charge is 0.445 e. The number of likely N-dealkylation sites (N-methyl/N-ethyl adjacent to an activating group) is 2. The number of anilines is 2. The van der Waals surface area contributed by atoms with E-state index < -0.39 is 48.0 Å². The van der Waals surface area contributed by atoms with Crippen molar-refractivity contribution in [2.45, 2.75) is 156 Å². The van der Waals surface area contributed by atoms with Gasteiger partial charge in [0.1, 0.15) is 31.0 Å². The van der Waals surface area contributed by atoms with Crippen molar-refractivity contribution in [1.29, 1.82) is 0 Å². The molecule has 2 aliphatic carbocycles. The van der Waals surface area contributed by atoms with Gasteiger partial charge in [-0.2, -0.15) is 23.5 Å². The number of nitrogens with one attached hydrogen (secondary N) is 7. The zero-order chi connectivity index (χ0) is 76.6. The maximum absolute atomic E-state index is 13.9. The second kappa shape index (κ2) is 41.0. The van der Waals surface area contributed by atoms with Gasteiger partial charge in [-0.1, -0.05) is 82.3 Å². The second-order valence-corrected chi connectivity index (χ2v) is 31.6. The molecule has 30 heteroatoms. The molecule has 8 atom stereocenters. The minimum Gasteiger partial charge on any atom is -0.445 e. The molecule has 5 aliphatic rings. The number of likely N-dealkylation sites (tertiary alicyclic amines) is 1. The molecule has 1 aromatic heterocycles. The predicted octanol–water partition coefficient (Wildman–Crippen LogP) is 9.45. The predicted molar refractivity (Wildman–Crippen MR) is 418 cm³/mol. The lowest BCUT2D eigenvalue weighted by atomic mass is 9.67. The Kier molecular flexibility index (Phi) is 31.2. The van der Waals surface area contributed by atoms with Crippen molar-refractivity contribution in [2.75, 3.05) is 117 Å².